The summed E-state index contributed by atoms with van der Waals surface area (Å²) in [4.78, 5) is 70.3. The number of ether oxygens (including phenoxy) is 2. The largest absolute Gasteiger partial charge is 0.448 e. The van der Waals surface area contributed by atoms with Crippen molar-refractivity contribution in [3.8, 4) is 0 Å². The topological polar surface area (TPSA) is 179 Å². The van der Waals surface area contributed by atoms with Gasteiger partial charge in [0.05, 0.1) is 23.1 Å². The summed E-state index contributed by atoms with van der Waals surface area (Å²) >= 11 is 5.08. The molecule has 7 aromatic rings. The number of benzene rings is 5. The number of nitrogens with zero attached hydrogens (tertiary/aromatic N) is 6. The first-order chi connectivity index (χ1) is 34.9. The number of esters is 1. The molecule has 4 heterocycles. The van der Waals surface area contributed by atoms with E-state index >= 15 is 4.79 Å². The maximum atomic E-state index is 15.4. The predicted octanol–water partition coefficient (Wildman–Crippen LogP) is 10.1. The van der Waals surface area contributed by atoms with Crippen molar-refractivity contribution < 1.29 is 33.5 Å². The molecule has 1 fully saturated rings. The van der Waals surface area contributed by atoms with Gasteiger partial charge in [0.25, 0.3) is 5.91 Å². The third-order valence-corrected chi connectivity index (χ3v) is 15.8. The van der Waals surface area contributed by atoms with Crippen LogP contribution < -0.4 is 10.6 Å². The van der Waals surface area contributed by atoms with Crippen LogP contribution in [0, 0.1) is 0 Å². The number of rotatable bonds is 17. The number of β-lactam (4-membered cyclic amide) rings is 1. The molecular weight excluding hydrogens is 989 g/mol. The van der Waals surface area contributed by atoms with E-state index in [1.807, 2.05) is 152 Å². The van der Waals surface area contributed by atoms with E-state index in [1.54, 1.807) is 44.1 Å². The zero-order valence-electron chi connectivity index (χ0n) is 39.4. The van der Waals surface area contributed by atoms with Crippen LogP contribution in [-0.4, -0.2) is 75.9 Å². The highest BCUT2D eigenvalue weighted by molar-refractivity contribution is 8.18. The molecule has 2 aliphatic rings. The molecule has 0 radical (unpaired) electrons. The number of oxime groups is 1. The molecule has 1 saturated heterocycles. The maximum absolute atomic E-state index is 15.4. The number of carbonyl (C=O) groups is 4. The smallest absolute Gasteiger partial charge is 0.413 e. The molecule has 2 atom stereocenters. The number of nitrogens with one attached hydrogen (secondary N) is 2. The van der Waals surface area contributed by atoms with Crippen LogP contribution in [0.3, 0.4) is 0 Å². The molecule has 15 nitrogen and oxygen atoms in total. The lowest BCUT2D eigenvalue weighted by Gasteiger charge is -2.47. The molecule has 0 aliphatic carbocycles. The Labute approximate surface area is 432 Å². The summed E-state index contributed by atoms with van der Waals surface area (Å²) in [5, 5.41) is 20.1. The molecule has 1 unspecified atom stereocenters. The van der Waals surface area contributed by atoms with E-state index in [2.05, 4.69) is 25.9 Å². The Morgan fingerprint density at radius 3 is 1.88 bits per heavy atom. The van der Waals surface area contributed by atoms with Crippen LogP contribution in [0.1, 0.15) is 66.8 Å². The molecule has 0 bridgehead atoms. The standard InChI is InChI=1S/C53H48N8O7S4/c1-52(2,3)67-51(65)57-50-55-39(32-69-50)43(58-68-53(36-24-14-7-15-25-36,37-26-16-8-17-27-37)38-28-18-9-19-29-38)47(63)56-48-46(71-33-70-42-31-54-59-60(42)4)44(61-40(62)30-41(61)72-48)49(64)66-45(34-20-10-5-11-21-34)35-22-12-6-13-23-35/h5-29,31-32,41,45,48H,30,33H2,1-4H3,(H,56,63)(H,55,57,65)/t41-,48?/m0/s1. The van der Waals surface area contributed by atoms with E-state index < -0.39 is 46.0 Å². The first-order valence-electron chi connectivity index (χ1n) is 22.7. The van der Waals surface area contributed by atoms with Crippen molar-refractivity contribution in [1.29, 1.82) is 0 Å². The minimum Gasteiger partial charge on any atom is -0.448 e. The second kappa shape index (κ2) is 22.1. The van der Waals surface area contributed by atoms with E-state index in [-0.39, 0.29) is 34.6 Å². The van der Waals surface area contributed by atoms with Gasteiger partial charge in [0.1, 0.15) is 27.4 Å². The second-order valence-corrected chi connectivity index (χ2v) is 21.8. The maximum Gasteiger partial charge on any atom is 0.413 e. The quantitative estimate of drug-likeness (QED) is 0.0168. The Kier molecular flexibility index (Phi) is 15.3. The van der Waals surface area contributed by atoms with Crippen LogP contribution in [0.15, 0.2) is 184 Å². The lowest BCUT2D eigenvalue weighted by Crippen LogP contribution is -2.57. The number of thioether (sulfide) groups is 3. The van der Waals surface area contributed by atoms with Crippen molar-refractivity contribution in [3.63, 3.8) is 0 Å². The number of carbonyl (C=O) groups excluding carboxylic acids is 4. The van der Waals surface area contributed by atoms with Crippen LogP contribution in [0.5, 0.6) is 0 Å². The lowest BCUT2D eigenvalue weighted by molar-refractivity contribution is -0.151. The van der Waals surface area contributed by atoms with Gasteiger partial charge >= 0.3 is 12.1 Å². The van der Waals surface area contributed by atoms with Gasteiger partial charge in [-0.2, -0.15) is 0 Å². The Bertz CT molecular complexity index is 2960. The first kappa shape index (κ1) is 49.8. The molecule has 2 aliphatic heterocycles. The molecule has 3 amide bonds. The summed E-state index contributed by atoms with van der Waals surface area (Å²) < 4.78 is 13.6. The molecule has 5 aromatic carbocycles. The van der Waals surface area contributed by atoms with Crippen molar-refractivity contribution in [2.24, 2.45) is 12.2 Å². The summed E-state index contributed by atoms with van der Waals surface area (Å²) in [6.45, 7) is 5.25. The lowest BCUT2D eigenvalue weighted by atomic mass is 9.80. The fourth-order valence-corrected chi connectivity index (χ4v) is 12.5. The molecule has 0 spiro atoms. The summed E-state index contributed by atoms with van der Waals surface area (Å²) in [5.74, 6) is -1.72. The SMILES string of the molecule is Cn1nncc1SCSC1=C(C(=O)OC(c2ccccc2)c2ccccc2)N2C(=O)C[C@@H]2SC1NC(=O)C(=NOC(c1ccccc1)(c1ccccc1)c1ccccc1)c1csc(NC(=O)OC(C)(C)C)n1. The van der Waals surface area contributed by atoms with Gasteiger partial charge in [-0.05, 0) is 31.9 Å². The van der Waals surface area contributed by atoms with Crippen molar-refractivity contribution in [2.45, 2.75) is 60.3 Å². The third kappa shape index (κ3) is 11.1. The van der Waals surface area contributed by atoms with Crippen molar-refractivity contribution >= 4 is 81.3 Å². The van der Waals surface area contributed by atoms with Crippen LogP contribution in [0.4, 0.5) is 9.93 Å². The molecule has 2 N–H and O–H groups in total. The highest BCUT2D eigenvalue weighted by Gasteiger charge is 2.50. The van der Waals surface area contributed by atoms with Gasteiger partial charge in [0, 0.05) is 34.0 Å². The predicted molar refractivity (Wildman–Crippen MR) is 281 cm³/mol. The Balaban J connectivity index is 1.14. The number of aromatic nitrogens is 4. The molecule has 2 aromatic heterocycles. The van der Waals surface area contributed by atoms with E-state index in [4.69, 9.17) is 19.5 Å². The fourth-order valence-electron chi connectivity index (χ4n) is 7.99. The molecule has 19 heteroatoms. The number of aryl methyl sites for hydroxylation is 1. The highest BCUT2D eigenvalue weighted by atomic mass is 32.2. The number of anilines is 1. The normalized spacial score (nSPS) is 15.9. The van der Waals surface area contributed by atoms with Gasteiger partial charge in [0.15, 0.2) is 16.9 Å². The van der Waals surface area contributed by atoms with E-state index in [0.717, 1.165) is 44.2 Å². The number of hydrogen-bond acceptors (Lipinski definition) is 15. The monoisotopic (exact) mass is 1040 g/mol. The summed E-state index contributed by atoms with van der Waals surface area (Å²) in [7, 11) is 1.77. The fraction of sp³-hybridized carbons (Fsp3) is 0.208. The summed E-state index contributed by atoms with van der Waals surface area (Å²) in [6.07, 6.45) is 0.191. The average Bonchev–Trinajstić information content (AvgIpc) is 4.03. The van der Waals surface area contributed by atoms with Crippen LogP contribution in [0.25, 0.3) is 0 Å². The Morgan fingerprint density at radius 2 is 1.36 bits per heavy atom. The second-order valence-electron chi connectivity index (χ2n) is 17.3. The Hall–Kier alpha value is -7.19. The molecule has 366 valence electrons. The summed E-state index contributed by atoms with van der Waals surface area (Å²) in [5.41, 5.74) is 1.33. The van der Waals surface area contributed by atoms with E-state index in [9.17, 15) is 14.4 Å². The minimum atomic E-state index is -1.39. The van der Waals surface area contributed by atoms with E-state index in [1.165, 1.54) is 40.2 Å². The zero-order valence-corrected chi connectivity index (χ0v) is 42.7. The molecule has 72 heavy (non-hydrogen) atoms. The van der Waals surface area contributed by atoms with Crippen LogP contribution in [0.2, 0.25) is 0 Å². The van der Waals surface area contributed by atoms with Gasteiger partial charge in [0.2, 0.25) is 11.5 Å². The van der Waals surface area contributed by atoms with Gasteiger partial charge in [-0.15, -0.1) is 40.0 Å². The first-order valence-corrected chi connectivity index (χ1v) is 26.5. The number of amides is 3. The minimum absolute atomic E-state index is 0.0226. The summed E-state index contributed by atoms with van der Waals surface area (Å²) in [6, 6.07) is 47.5. The zero-order chi connectivity index (χ0) is 50.2. The number of fused-ring (bicyclic) bond motifs is 1. The van der Waals surface area contributed by atoms with E-state index in [0.29, 0.717) is 9.99 Å². The Morgan fingerprint density at radius 1 is 0.806 bits per heavy atom. The van der Waals surface area contributed by atoms with Crippen molar-refractivity contribution in [1.82, 2.24) is 30.2 Å². The number of thiazole rings is 1. The van der Waals surface area contributed by atoms with Gasteiger partial charge in [-0.1, -0.05) is 174 Å². The van der Waals surface area contributed by atoms with Crippen molar-refractivity contribution in [3.05, 3.63) is 207 Å². The van der Waals surface area contributed by atoms with Crippen LogP contribution in [-0.2, 0) is 41.3 Å². The van der Waals surface area contributed by atoms with Crippen LogP contribution >= 0.6 is 46.6 Å². The number of hydrogen-bond donors (Lipinski definition) is 2. The highest BCUT2D eigenvalue weighted by Crippen LogP contribution is 2.48. The van der Waals surface area contributed by atoms with Gasteiger partial charge < -0.3 is 19.6 Å². The molecular formula is C53H48N8O7S4. The third-order valence-electron chi connectivity index (χ3n) is 11.3. The molecule has 9 rings (SSSR count). The average molecular weight is 1040 g/mol. The molecule has 0 saturated carbocycles. The van der Waals surface area contributed by atoms with Gasteiger partial charge in [-0.25, -0.2) is 19.3 Å². The van der Waals surface area contributed by atoms with Crippen molar-refractivity contribution in [2.75, 3.05) is 10.4 Å². The van der Waals surface area contributed by atoms with Gasteiger partial charge in [-0.3, -0.25) is 19.8 Å².